The van der Waals surface area contributed by atoms with Crippen LogP contribution in [0.2, 0.25) is 5.02 Å². The fourth-order valence-corrected chi connectivity index (χ4v) is 5.95. The Balaban J connectivity index is 1.30. The molecule has 0 unspecified atom stereocenters. The molecule has 1 aliphatic carbocycles. The van der Waals surface area contributed by atoms with Crippen molar-refractivity contribution in [2.24, 2.45) is 11.3 Å². The molecule has 222 valence electrons. The van der Waals surface area contributed by atoms with E-state index in [2.05, 4.69) is 34.7 Å². The monoisotopic (exact) mass is 581 g/mol. The lowest BCUT2D eigenvalue weighted by molar-refractivity contribution is -0.155. The van der Waals surface area contributed by atoms with E-state index in [-0.39, 0.29) is 12.0 Å². The predicted octanol–water partition coefficient (Wildman–Crippen LogP) is 6.34. The zero-order valence-electron chi connectivity index (χ0n) is 24.8. The van der Waals surface area contributed by atoms with Crippen molar-refractivity contribution in [1.82, 2.24) is 15.3 Å². The zero-order valence-corrected chi connectivity index (χ0v) is 25.6. The standard InChI is InChI=1S/C32H44ClN5O3/c1-22(16-30(39)41-31(2,3)4)37-24-10-8-23(9-11-24)17-25-18-26(27(33)19-35-25)28-6-5-7-29(38-28)36-21-32(20-34)12-14-40-15-13-32/h5-7,18-19,22-24,37H,8-17,21H2,1-4H3,(H,36,38)/t22-,23?,24?/m0/s1. The minimum absolute atomic E-state index is 0.0896. The summed E-state index contributed by atoms with van der Waals surface area (Å²) in [4.78, 5) is 21.6. The first-order valence-corrected chi connectivity index (χ1v) is 15.2. The number of nitrogens with zero attached hydrogens (tertiary/aromatic N) is 3. The number of hydrogen-bond acceptors (Lipinski definition) is 8. The molecule has 2 aromatic rings. The number of esters is 1. The SMILES string of the molecule is C[C@@H](CC(=O)OC(C)(C)C)NC1CCC(Cc2cc(-c3cccc(NCC4(C#N)CCOCC4)n3)c(Cl)cn2)CC1. The number of aromatic nitrogens is 2. The van der Waals surface area contributed by atoms with E-state index in [0.717, 1.165) is 67.7 Å². The molecule has 41 heavy (non-hydrogen) atoms. The Morgan fingerprint density at radius 2 is 1.98 bits per heavy atom. The summed E-state index contributed by atoms with van der Waals surface area (Å²) in [7, 11) is 0. The molecule has 2 aliphatic rings. The van der Waals surface area contributed by atoms with E-state index < -0.39 is 11.0 Å². The molecule has 0 bridgehead atoms. The molecule has 2 aromatic heterocycles. The van der Waals surface area contributed by atoms with E-state index >= 15 is 0 Å². The van der Waals surface area contributed by atoms with Gasteiger partial charge in [-0.1, -0.05) is 17.7 Å². The molecule has 3 heterocycles. The number of hydrogen-bond donors (Lipinski definition) is 2. The Bertz CT molecular complexity index is 1210. The van der Waals surface area contributed by atoms with Gasteiger partial charge in [-0.25, -0.2) is 4.98 Å². The topological polar surface area (TPSA) is 109 Å². The fraction of sp³-hybridized carbons (Fsp3) is 0.625. The van der Waals surface area contributed by atoms with Crippen LogP contribution in [0.25, 0.3) is 11.3 Å². The minimum Gasteiger partial charge on any atom is -0.460 e. The molecule has 1 saturated carbocycles. The van der Waals surface area contributed by atoms with Crippen LogP contribution >= 0.6 is 11.6 Å². The summed E-state index contributed by atoms with van der Waals surface area (Å²) in [6.45, 7) is 9.51. The predicted molar refractivity (Wildman–Crippen MR) is 162 cm³/mol. The third-order valence-corrected chi connectivity index (χ3v) is 8.29. The van der Waals surface area contributed by atoms with Crippen molar-refractivity contribution < 1.29 is 14.3 Å². The average Bonchev–Trinajstić information content (AvgIpc) is 2.93. The molecule has 4 rings (SSSR count). The Morgan fingerprint density at radius 3 is 2.66 bits per heavy atom. The lowest BCUT2D eigenvalue weighted by Crippen LogP contribution is -2.41. The molecule has 9 heteroatoms. The van der Waals surface area contributed by atoms with E-state index in [4.69, 9.17) is 26.1 Å². The zero-order chi connectivity index (χ0) is 29.5. The molecular weight excluding hydrogens is 538 g/mol. The fourth-order valence-electron chi connectivity index (χ4n) is 5.75. The van der Waals surface area contributed by atoms with Gasteiger partial charge in [-0.15, -0.1) is 0 Å². The molecule has 2 N–H and O–H groups in total. The van der Waals surface area contributed by atoms with Gasteiger partial charge in [-0.05, 0) is 96.8 Å². The van der Waals surface area contributed by atoms with E-state index in [1.54, 1.807) is 6.20 Å². The summed E-state index contributed by atoms with van der Waals surface area (Å²) in [6, 6.07) is 10.9. The summed E-state index contributed by atoms with van der Waals surface area (Å²) < 4.78 is 10.9. The molecule has 0 radical (unpaired) electrons. The van der Waals surface area contributed by atoms with E-state index in [9.17, 15) is 10.1 Å². The lowest BCUT2D eigenvalue weighted by Gasteiger charge is -2.31. The van der Waals surface area contributed by atoms with Crippen LogP contribution in [0.15, 0.2) is 30.5 Å². The summed E-state index contributed by atoms with van der Waals surface area (Å²) >= 11 is 6.59. The number of carbonyl (C=O) groups excluding carboxylic acids is 1. The van der Waals surface area contributed by atoms with Crippen molar-refractivity contribution in [3.8, 4) is 17.3 Å². The van der Waals surface area contributed by atoms with E-state index in [1.807, 2.05) is 39.0 Å². The Labute approximate surface area is 249 Å². The van der Waals surface area contributed by atoms with Crippen LogP contribution in [0.4, 0.5) is 5.82 Å². The maximum absolute atomic E-state index is 12.2. The quantitative estimate of drug-likeness (QED) is 0.313. The molecule has 0 aromatic carbocycles. The largest absolute Gasteiger partial charge is 0.460 e. The van der Waals surface area contributed by atoms with Crippen molar-refractivity contribution in [2.45, 2.75) is 96.7 Å². The third-order valence-electron chi connectivity index (χ3n) is 7.99. The highest BCUT2D eigenvalue weighted by atomic mass is 35.5. The number of pyridine rings is 2. The second kappa shape index (κ2) is 14.0. The number of nitrogens with one attached hydrogen (secondary N) is 2. The maximum Gasteiger partial charge on any atom is 0.307 e. The van der Waals surface area contributed by atoms with Crippen LogP contribution in [-0.2, 0) is 20.7 Å². The smallest absolute Gasteiger partial charge is 0.307 e. The first-order valence-electron chi connectivity index (χ1n) is 14.9. The third kappa shape index (κ3) is 9.39. The summed E-state index contributed by atoms with van der Waals surface area (Å²) in [5.41, 5.74) is 1.79. The van der Waals surface area contributed by atoms with Crippen molar-refractivity contribution >= 4 is 23.4 Å². The van der Waals surface area contributed by atoms with Gasteiger partial charge in [-0.2, -0.15) is 5.26 Å². The van der Waals surface area contributed by atoms with Gasteiger partial charge < -0.3 is 20.1 Å². The molecule has 0 amide bonds. The van der Waals surface area contributed by atoms with Crippen LogP contribution in [0.3, 0.4) is 0 Å². The second-order valence-electron chi connectivity index (χ2n) is 12.7. The molecule has 8 nitrogen and oxygen atoms in total. The number of nitriles is 1. The van der Waals surface area contributed by atoms with Crippen molar-refractivity contribution in [3.63, 3.8) is 0 Å². The van der Waals surface area contributed by atoms with Crippen LogP contribution in [0, 0.1) is 22.7 Å². The Hall–Kier alpha value is -2.73. The van der Waals surface area contributed by atoms with Crippen LogP contribution < -0.4 is 10.6 Å². The molecule has 0 spiro atoms. The van der Waals surface area contributed by atoms with Gasteiger partial charge in [0.15, 0.2) is 0 Å². The van der Waals surface area contributed by atoms with Gasteiger partial charge in [0.2, 0.25) is 0 Å². The highest BCUT2D eigenvalue weighted by Crippen LogP contribution is 2.33. The molecular formula is C32H44ClN5O3. The first kappa shape index (κ1) is 31.2. The summed E-state index contributed by atoms with van der Waals surface area (Å²) in [5.74, 6) is 1.13. The number of anilines is 1. The number of carbonyl (C=O) groups is 1. The lowest BCUT2D eigenvalue weighted by atomic mass is 9.82. The van der Waals surface area contributed by atoms with E-state index in [0.29, 0.717) is 43.2 Å². The molecule has 1 aliphatic heterocycles. The highest BCUT2D eigenvalue weighted by molar-refractivity contribution is 6.33. The molecule has 2 fully saturated rings. The van der Waals surface area contributed by atoms with Crippen molar-refractivity contribution in [1.29, 1.82) is 5.26 Å². The van der Waals surface area contributed by atoms with Gasteiger partial charge in [0, 0.05) is 49.3 Å². The minimum atomic E-state index is -0.452. The van der Waals surface area contributed by atoms with E-state index in [1.165, 1.54) is 0 Å². The molecule has 1 saturated heterocycles. The van der Waals surface area contributed by atoms with Crippen molar-refractivity contribution in [2.75, 3.05) is 25.1 Å². The first-order chi connectivity index (χ1) is 19.5. The maximum atomic E-state index is 12.2. The highest BCUT2D eigenvalue weighted by Gasteiger charge is 2.32. The van der Waals surface area contributed by atoms with Gasteiger partial charge in [0.1, 0.15) is 11.4 Å². The van der Waals surface area contributed by atoms with Crippen LogP contribution in [0.1, 0.15) is 78.3 Å². The molecule has 1 atom stereocenters. The average molecular weight is 582 g/mol. The normalized spacial score (nSPS) is 21.5. The Morgan fingerprint density at radius 1 is 1.24 bits per heavy atom. The summed E-state index contributed by atoms with van der Waals surface area (Å²) in [6.07, 6.45) is 8.83. The van der Waals surface area contributed by atoms with Crippen LogP contribution in [0.5, 0.6) is 0 Å². The van der Waals surface area contributed by atoms with Gasteiger partial charge in [0.05, 0.1) is 28.6 Å². The number of ether oxygens (including phenoxy) is 2. The Kier molecular flexibility index (Phi) is 10.6. The van der Waals surface area contributed by atoms with Crippen LogP contribution in [-0.4, -0.2) is 53.4 Å². The second-order valence-corrected chi connectivity index (χ2v) is 13.1. The van der Waals surface area contributed by atoms with Gasteiger partial charge >= 0.3 is 5.97 Å². The van der Waals surface area contributed by atoms with Gasteiger partial charge in [0.25, 0.3) is 0 Å². The van der Waals surface area contributed by atoms with Gasteiger partial charge in [-0.3, -0.25) is 9.78 Å². The number of halogens is 1. The van der Waals surface area contributed by atoms with Crippen molar-refractivity contribution in [3.05, 3.63) is 41.2 Å². The number of rotatable bonds is 10. The summed E-state index contributed by atoms with van der Waals surface area (Å²) in [5, 5.41) is 17.3.